The molecule has 1 nitrogen and oxygen atoms in total. The van der Waals surface area contributed by atoms with Crippen LogP contribution in [0.25, 0.3) is 0 Å². The van der Waals surface area contributed by atoms with Crippen LogP contribution in [0.5, 0.6) is 0 Å². The number of rotatable bonds is 13. The molecule has 1 heteroatoms. The molecular weight excluding hydrogens is 376 g/mol. The zero-order valence-corrected chi connectivity index (χ0v) is 19.7. The van der Waals surface area contributed by atoms with Gasteiger partial charge in [0.05, 0.1) is 6.61 Å². The van der Waals surface area contributed by atoms with Gasteiger partial charge in [-0.25, -0.2) is 0 Å². The van der Waals surface area contributed by atoms with Gasteiger partial charge in [-0.1, -0.05) is 80.3 Å². The van der Waals surface area contributed by atoms with Crippen LogP contribution in [-0.4, -0.2) is 7.11 Å². The van der Waals surface area contributed by atoms with Crippen molar-refractivity contribution in [2.45, 2.75) is 83.7 Å². The summed E-state index contributed by atoms with van der Waals surface area (Å²) >= 11 is 0. The highest BCUT2D eigenvalue weighted by atomic mass is 16.5. The van der Waals surface area contributed by atoms with Crippen LogP contribution in [0, 0.1) is 11.8 Å². The molecule has 1 aliphatic rings. The van der Waals surface area contributed by atoms with E-state index in [1.807, 2.05) is 0 Å². The van der Waals surface area contributed by atoms with Crippen molar-refractivity contribution < 1.29 is 4.74 Å². The molecule has 0 aliphatic heterocycles. The van der Waals surface area contributed by atoms with E-state index in [-0.39, 0.29) is 0 Å². The van der Waals surface area contributed by atoms with Crippen LogP contribution in [0.3, 0.4) is 0 Å². The highest BCUT2D eigenvalue weighted by Crippen LogP contribution is 2.34. The average molecular weight is 419 g/mol. The molecule has 0 N–H and O–H groups in total. The monoisotopic (exact) mass is 418 g/mol. The summed E-state index contributed by atoms with van der Waals surface area (Å²) in [4.78, 5) is 0. The second-order valence-electron chi connectivity index (χ2n) is 9.56. The zero-order chi connectivity index (χ0) is 21.7. The smallest absolute Gasteiger partial charge is 0.0713 e. The van der Waals surface area contributed by atoms with Crippen LogP contribution in [0.1, 0.15) is 80.0 Å². The second kappa shape index (κ2) is 13.5. The Labute approximate surface area is 190 Å². The minimum absolute atomic E-state index is 0.702. The first-order valence-corrected chi connectivity index (χ1v) is 12.5. The van der Waals surface area contributed by atoms with Gasteiger partial charge in [0.1, 0.15) is 0 Å². The van der Waals surface area contributed by atoms with E-state index in [9.17, 15) is 0 Å². The van der Waals surface area contributed by atoms with E-state index >= 15 is 0 Å². The quantitative estimate of drug-likeness (QED) is 0.236. The lowest BCUT2D eigenvalue weighted by molar-refractivity contribution is 0.185. The summed E-state index contributed by atoms with van der Waals surface area (Å²) in [5.74, 6) is 1.91. The standard InChI is InChI=1S/C30H42O/c1-3-4-7-25-10-14-28(15-11-25)18-19-29-16-12-26(13-17-29)8-5-6-9-27-20-22-30(23-21-27)24-31-2/h3,12-13,16-17,20-23,25,28H,1,4-11,14-15,18-19,24H2,2H3/t25-,28-. The van der Waals surface area contributed by atoms with Crippen LogP contribution in [0.15, 0.2) is 61.2 Å². The van der Waals surface area contributed by atoms with Crippen molar-refractivity contribution in [3.63, 3.8) is 0 Å². The van der Waals surface area contributed by atoms with Crippen molar-refractivity contribution >= 4 is 0 Å². The lowest BCUT2D eigenvalue weighted by Crippen LogP contribution is -2.15. The lowest BCUT2D eigenvalue weighted by atomic mass is 9.78. The van der Waals surface area contributed by atoms with Crippen molar-refractivity contribution in [2.24, 2.45) is 11.8 Å². The highest BCUT2D eigenvalue weighted by Gasteiger charge is 2.20. The van der Waals surface area contributed by atoms with E-state index < -0.39 is 0 Å². The Morgan fingerprint density at radius 3 is 1.65 bits per heavy atom. The number of benzene rings is 2. The fourth-order valence-electron chi connectivity index (χ4n) is 5.03. The predicted molar refractivity (Wildman–Crippen MR) is 133 cm³/mol. The van der Waals surface area contributed by atoms with Gasteiger partial charge in [0.15, 0.2) is 0 Å². The number of ether oxygens (including phenoxy) is 1. The van der Waals surface area contributed by atoms with Gasteiger partial charge < -0.3 is 4.74 Å². The van der Waals surface area contributed by atoms with Crippen LogP contribution >= 0.6 is 0 Å². The van der Waals surface area contributed by atoms with Crippen LogP contribution in [0.4, 0.5) is 0 Å². The molecule has 0 amide bonds. The summed E-state index contributed by atoms with van der Waals surface area (Å²) in [5, 5.41) is 0. The molecule has 2 aromatic carbocycles. The first-order chi connectivity index (χ1) is 15.3. The predicted octanol–water partition coefficient (Wildman–Crippen LogP) is 8.10. The molecule has 1 saturated carbocycles. The minimum Gasteiger partial charge on any atom is -0.380 e. The molecule has 1 aliphatic carbocycles. The van der Waals surface area contributed by atoms with E-state index in [1.165, 1.54) is 99.3 Å². The Balaban J connectivity index is 1.30. The molecule has 3 rings (SSSR count). The number of unbranched alkanes of at least 4 members (excludes halogenated alkanes) is 1. The van der Waals surface area contributed by atoms with Gasteiger partial charge in [0.25, 0.3) is 0 Å². The average Bonchev–Trinajstić information content (AvgIpc) is 2.82. The highest BCUT2D eigenvalue weighted by molar-refractivity contribution is 5.24. The van der Waals surface area contributed by atoms with Gasteiger partial charge in [0.2, 0.25) is 0 Å². The minimum atomic E-state index is 0.702. The molecule has 0 bridgehead atoms. The summed E-state index contributed by atoms with van der Waals surface area (Å²) in [5.41, 5.74) is 5.70. The maximum absolute atomic E-state index is 5.18. The van der Waals surface area contributed by atoms with Crippen LogP contribution in [-0.2, 0) is 30.6 Å². The van der Waals surface area contributed by atoms with Gasteiger partial charge in [-0.05, 0) is 85.5 Å². The SMILES string of the molecule is C=CCC[C@H]1CC[C@H](CCc2ccc(CCCCc3ccc(COC)cc3)cc2)CC1. The summed E-state index contributed by atoms with van der Waals surface area (Å²) in [6, 6.07) is 18.3. The van der Waals surface area contributed by atoms with E-state index in [1.54, 1.807) is 7.11 Å². The maximum Gasteiger partial charge on any atom is 0.0713 e. The van der Waals surface area contributed by atoms with Crippen molar-refractivity contribution in [1.82, 2.24) is 0 Å². The zero-order valence-electron chi connectivity index (χ0n) is 19.7. The van der Waals surface area contributed by atoms with E-state index in [4.69, 9.17) is 4.74 Å². The van der Waals surface area contributed by atoms with Gasteiger partial charge in [0, 0.05) is 7.11 Å². The largest absolute Gasteiger partial charge is 0.380 e. The fourth-order valence-corrected chi connectivity index (χ4v) is 5.03. The maximum atomic E-state index is 5.18. The van der Waals surface area contributed by atoms with Gasteiger partial charge in [-0.2, -0.15) is 0 Å². The summed E-state index contributed by atoms with van der Waals surface area (Å²) < 4.78 is 5.18. The number of aryl methyl sites for hydroxylation is 3. The molecule has 2 aromatic rings. The van der Waals surface area contributed by atoms with Crippen LogP contribution < -0.4 is 0 Å². The van der Waals surface area contributed by atoms with Gasteiger partial charge in [-0.3, -0.25) is 0 Å². The fraction of sp³-hybridized carbons (Fsp3) is 0.533. The molecule has 0 unspecified atom stereocenters. The Bertz CT molecular complexity index is 735. The molecule has 0 radical (unpaired) electrons. The first kappa shape index (κ1) is 23.8. The summed E-state index contributed by atoms with van der Waals surface area (Å²) in [7, 11) is 1.75. The summed E-state index contributed by atoms with van der Waals surface area (Å²) in [6.45, 7) is 4.57. The van der Waals surface area contributed by atoms with Gasteiger partial charge in [-0.15, -0.1) is 6.58 Å². The molecule has 31 heavy (non-hydrogen) atoms. The van der Waals surface area contributed by atoms with E-state index in [2.05, 4.69) is 61.2 Å². The Kier molecular flexibility index (Phi) is 10.4. The number of methoxy groups -OCH3 is 1. The number of hydrogen-bond donors (Lipinski definition) is 0. The van der Waals surface area contributed by atoms with Gasteiger partial charge >= 0.3 is 0 Å². The second-order valence-corrected chi connectivity index (χ2v) is 9.56. The lowest BCUT2D eigenvalue weighted by Gasteiger charge is -2.28. The van der Waals surface area contributed by atoms with Crippen LogP contribution in [0.2, 0.25) is 0 Å². The first-order valence-electron chi connectivity index (χ1n) is 12.5. The third kappa shape index (κ3) is 8.65. The number of hydrogen-bond acceptors (Lipinski definition) is 1. The third-order valence-electron chi connectivity index (χ3n) is 7.12. The molecule has 0 atom stereocenters. The molecule has 0 aromatic heterocycles. The molecule has 1 fully saturated rings. The summed E-state index contributed by atoms with van der Waals surface area (Å²) in [6.07, 6.45) is 17.9. The third-order valence-corrected chi connectivity index (χ3v) is 7.12. The molecule has 0 saturated heterocycles. The molecule has 168 valence electrons. The Morgan fingerprint density at radius 1 is 0.710 bits per heavy atom. The molecule has 0 spiro atoms. The van der Waals surface area contributed by atoms with Crippen molar-refractivity contribution in [1.29, 1.82) is 0 Å². The topological polar surface area (TPSA) is 9.23 Å². The molecule has 0 heterocycles. The van der Waals surface area contributed by atoms with Crippen molar-refractivity contribution in [3.8, 4) is 0 Å². The van der Waals surface area contributed by atoms with Crippen molar-refractivity contribution in [3.05, 3.63) is 83.4 Å². The van der Waals surface area contributed by atoms with Crippen molar-refractivity contribution in [2.75, 3.05) is 7.11 Å². The number of allylic oxidation sites excluding steroid dienone is 1. The normalized spacial score (nSPS) is 18.7. The Morgan fingerprint density at radius 2 is 1.16 bits per heavy atom. The Hall–Kier alpha value is -1.86. The molecular formula is C30H42O. The van der Waals surface area contributed by atoms with E-state index in [0.717, 1.165) is 11.8 Å². The van der Waals surface area contributed by atoms with E-state index in [0.29, 0.717) is 6.61 Å².